The van der Waals surface area contributed by atoms with Crippen molar-refractivity contribution in [3.63, 3.8) is 0 Å². The second kappa shape index (κ2) is 11.9. The van der Waals surface area contributed by atoms with E-state index in [0.717, 1.165) is 63.8 Å². The fourth-order valence-corrected chi connectivity index (χ4v) is 4.78. The van der Waals surface area contributed by atoms with E-state index in [1.807, 2.05) is 7.05 Å². The van der Waals surface area contributed by atoms with Gasteiger partial charge in [-0.2, -0.15) is 0 Å². The number of nitrogens with zero attached hydrogens (tertiary/aromatic N) is 2. The van der Waals surface area contributed by atoms with E-state index in [-0.39, 0.29) is 29.4 Å². The van der Waals surface area contributed by atoms with Crippen molar-refractivity contribution in [3.05, 3.63) is 59.7 Å². The predicted octanol–water partition coefficient (Wildman–Crippen LogP) is 4.11. The predicted molar refractivity (Wildman–Crippen MR) is 146 cm³/mol. The highest BCUT2D eigenvalue weighted by atomic mass is 127. The van der Waals surface area contributed by atoms with Crippen LogP contribution in [0, 0.1) is 6.92 Å². The SMILES string of the molecule is CN=C(NCC1(c2ccc(OC)cc2)CCOCC1)NC1CCN(c2ccc(C)cc2)C1.I. The molecule has 2 N–H and O–H groups in total. The average Bonchev–Trinajstić information content (AvgIpc) is 3.31. The van der Waals surface area contributed by atoms with Crippen LogP contribution in [-0.2, 0) is 10.2 Å². The van der Waals surface area contributed by atoms with E-state index in [2.05, 4.69) is 76.0 Å². The van der Waals surface area contributed by atoms with Crippen LogP contribution < -0.4 is 20.3 Å². The minimum Gasteiger partial charge on any atom is -0.497 e. The van der Waals surface area contributed by atoms with Crippen molar-refractivity contribution in [3.8, 4) is 5.75 Å². The van der Waals surface area contributed by atoms with Crippen LogP contribution in [0.25, 0.3) is 0 Å². The average molecular weight is 565 g/mol. The fourth-order valence-electron chi connectivity index (χ4n) is 4.78. The molecule has 7 heteroatoms. The first-order chi connectivity index (χ1) is 15.6. The summed E-state index contributed by atoms with van der Waals surface area (Å²) in [5.41, 5.74) is 3.96. The number of rotatable bonds is 6. The Morgan fingerprint density at radius 1 is 1.12 bits per heavy atom. The van der Waals surface area contributed by atoms with Crippen molar-refractivity contribution in [2.45, 2.75) is 37.6 Å². The van der Waals surface area contributed by atoms with Gasteiger partial charge in [0.25, 0.3) is 0 Å². The molecule has 33 heavy (non-hydrogen) atoms. The molecular formula is C26H37IN4O2. The van der Waals surface area contributed by atoms with Gasteiger partial charge in [-0.05, 0) is 56.0 Å². The highest BCUT2D eigenvalue weighted by Crippen LogP contribution is 2.35. The number of aliphatic imine (C=N–C) groups is 1. The second-order valence-corrected chi connectivity index (χ2v) is 8.96. The number of aryl methyl sites for hydroxylation is 1. The topological polar surface area (TPSA) is 58.1 Å². The Hall–Kier alpha value is -2.00. The Labute approximate surface area is 215 Å². The molecule has 0 aliphatic carbocycles. The molecule has 1 unspecified atom stereocenters. The van der Waals surface area contributed by atoms with Crippen LogP contribution in [0.2, 0.25) is 0 Å². The number of hydrogen-bond acceptors (Lipinski definition) is 4. The summed E-state index contributed by atoms with van der Waals surface area (Å²) in [5.74, 6) is 1.76. The minimum absolute atomic E-state index is 0. The fraction of sp³-hybridized carbons (Fsp3) is 0.500. The normalized spacial score (nSPS) is 20.2. The smallest absolute Gasteiger partial charge is 0.191 e. The highest BCUT2D eigenvalue weighted by molar-refractivity contribution is 14.0. The molecule has 2 aromatic carbocycles. The maximum absolute atomic E-state index is 5.69. The van der Waals surface area contributed by atoms with Crippen LogP contribution in [0.1, 0.15) is 30.4 Å². The Morgan fingerprint density at radius 2 is 1.82 bits per heavy atom. The summed E-state index contributed by atoms with van der Waals surface area (Å²) < 4.78 is 11.0. The molecule has 2 heterocycles. The van der Waals surface area contributed by atoms with Gasteiger partial charge in [0.2, 0.25) is 0 Å². The summed E-state index contributed by atoms with van der Waals surface area (Å²) in [4.78, 5) is 6.97. The molecule has 4 rings (SSSR count). The molecule has 6 nitrogen and oxygen atoms in total. The molecule has 0 bridgehead atoms. The molecule has 2 aliphatic heterocycles. The maximum Gasteiger partial charge on any atom is 0.191 e. The summed E-state index contributed by atoms with van der Waals surface area (Å²) in [6.07, 6.45) is 3.09. The van der Waals surface area contributed by atoms with Gasteiger partial charge in [-0.15, -0.1) is 24.0 Å². The summed E-state index contributed by atoms with van der Waals surface area (Å²) in [5, 5.41) is 7.28. The van der Waals surface area contributed by atoms with Crippen molar-refractivity contribution < 1.29 is 9.47 Å². The maximum atomic E-state index is 5.69. The number of ether oxygens (including phenoxy) is 2. The molecule has 180 valence electrons. The van der Waals surface area contributed by atoms with Crippen molar-refractivity contribution in [1.82, 2.24) is 10.6 Å². The zero-order valence-electron chi connectivity index (χ0n) is 20.0. The summed E-state index contributed by atoms with van der Waals surface area (Å²) in [6, 6.07) is 17.7. The first-order valence-corrected chi connectivity index (χ1v) is 11.6. The van der Waals surface area contributed by atoms with Gasteiger partial charge >= 0.3 is 0 Å². The molecule has 0 spiro atoms. The first-order valence-electron chi connectivity index (χ1n) is 11.6. The van der Waals surface area contributed by atoms with Crippen molar-refractivity contribution >= 4 is 35.6 Å². The van der Waals surface area contributed by atoms with Gasteiger partial charge in [-0.3, -0.25) is 4.99 Å². The molecule has 2 saturated heterocycles. The first kappa shape index (κ1) is 25.6. The van der Waals surface area contributed by atoms with E-state index in [1.165, 1.54) is 16.8 Å². The molecule has 0 radical (unpaired) electrons. The molecule has 0 saturated carbocycles. The Balaban J connectivity index is 0.00000306. The van der Waals surface area contributed by atoms with Crippen molar-refractivity contribution in [1.29, 1.82) is 0 Å². The molecule has 1 atom stereocenters. The Bertz CT molecular complexity index is 896. The van der Waals surface area contributed by atoms with Crippen LogP contribution in [0.15, 0.2) is 53.5 Å². The number of hydrogen-bond donors (Lipinski definition) is 2. The molecule has 2 fully saturated rings. The summed E-state index contributed by atoms with van der Waals surface area (Å²) in [7, 11) is 3.56. The van der Waals surface area contributed by atoms with Crippen LogP contribution in [-0.4, -0.2) is 59.0 Å². The van der Waals surface area contributed by atoms with Crippen molar-refractivity contribution in [2.75, 3.05) is 51.9 Å². The second-order valence-electron chi connectivity index (χ2n) is 8.96. The number of methoxy groups -OCH3 is 1. The molecule has 0 aromatic heterocycles. The van der Waals surface area contributed by atoms with Gasteiger partial charge in [0.15, 0.2) is 5.96 Å². The monoisotopic (exact) mass is 564 g/mol. The Kier molecular flexibility index (Phi) is 9.26. The minimum atomic E-state index is 0. The van der Waals surface area contributed by atoms with Crippen molar-refractivity contribution in [2.24, 2.45) is 4.99 Å². The number of anilines is 1. The van der Waals surface area contributed by atoms with Gasteiger partial charge in [0, 0.05) is 57.0 Å². The summed E-state index contributed by atoms with van der Waals surface area (Å²) in [6.45, 7) is 6.58. The lowest BCUT2D eigenvalue weighted by molar-refractivity contribution is 0.0513. The zero-order chi connectivity index (χ0) is 22.4. The van der Waals surface area contributed by atoms with Crippen LogP contribution in [0.5, 0.6) is 5.75 Å². The third-order valence-electron chi connectivity index (χ3n) is 6.90. The lowest BCUT2D eigenvalue weighted by Crippen LogP contribution is -2.50. The standard InChI is InChI=1S/C26H36N4O2.HI/c1-20-4-8-23(9-5-20)30-15-12-22(18-30)29-25(27-2)28-19-26(13-16-32-17-14-26)21-6-10-24(31-3)11-7-21;/h4-11,22H,12-19H2,1-3H3,(H2,27,28,29);1H. The summed E-state index contributed by atoms with van der Waals surface area (Å²) >= 11 is 0. The number of halogens is 1. The van der Waals surface area contributed by atoms with Gasteiger partial charge in [0.05, 0.1) is 7.11 Å². The zero-order valence-corrected chi connectivity index (χ0v) is 22.3. The van der Waals surface area contributed by atoms with E-state index in [4.69, 9.17) is 9.47 Å². The lowest BCUT2D eigenvalue weighted by Gasteiger charge is -2.38. The van der Waals surface area contributed by atoms with Gasteiger partial charge in [-0.25, -0.2) is 0 Å². The van der Waals surface area contributed by atoms with E-state index < -0.39 is 0 Å². The van der Waals surface area contributed by atoms with E-state index in [0.29, 0.717) is 6.04 Å². The highest BCUT2D eigenvalue weighted by Gasteiger charge is 2.35. The van der Waals surface area contributed by atoms with E-state index in [9.17, 15) is 0 Å². The van der Waals surface area contributed by atoms with E-state index >= 15 is 0 Å². The largest absolute Gasteiger partial charge is 0.497 e. The van der Waals surface area contributed by atoms with Crippen LogP contribution in [0.4, 0.5) is 5.69 Å². The van der Waals surface area contributed by atoms with Crippen LogP contribution >= 0.6 is 24.0 Å². The third kappa shape index (κ3) is 6.32. The number of guanidine groups is 1. The van der Waals surface area contributed by atoms with E-state index in [1.54, 1.807) is 7.11 Å². The Morgan fingerprint density at radius 3 is 2.45 bits per heavy atom. The van der Waals surface area contributed by atoms with Gasteiger partial charge in [0.1, 0.15) is 5.75 Å². The molecular weight excluding hydrogens is 527 g/mol. The van der Waals surface area contributed by atoms with Crippen LogP contribution in [0.3, 0.4) is 0 Å². The van der Waals surface area contributed by atoms with Gasteiger partial charge < -0.3 is 25.0 Å². The molecule has 0 amide bonds. The van der Waals surface area contributed by atoms with Gasteiger partial charge in [-0.1, -0.05) is 29.8 Å². The lowest BCUT2D eigenvalue weighted by atomic mass is 9.74. The molecule has 2 aliphatic rings. The third-order valence-corrected chi connectivity index (χ3v) is 6.90. The number of benzene rings is 2. The quantitative estimate of drug-likeness (QED) is 0.314. The molecule has 2 aromatic rings. The number of nitrogens with one attached hydrogen (secondary N) is 2.